The maximum atomic E-state index is 12.6. The van der Waals surface area contributed by atoms with Crippen LogP contribution in [0.25, 0.3) is 0 Å². The average molecular weight is 310 g/mol. The molecule has 1 aromatic rings. The number of aromatic nitrogens is 1. The van der Waals surface area contributed by atoms with Gasteiger partial charge in [0.1, 0.15) is 17.8 Å². The average Bonchev–Trinajstić information content (AvgIpc) is 2.52. The second kappa shape index (κ2) is 7.04. The largest absolute Gasteiger partial charge is 0.376 e. The highest BCUT2D eigenvalue weighted by Crippen LogP contribution is 2.19. The monoisotopic (exact) mass is 310 g/mol. The Kier molecular flexibility index (Phi) is 5.33. The predicted molar refractivity (Wildman–Crippen MR) is 80.1 cm³/mol. The van der Waals surface area contributed by atoms with E-state index in [9.17, 15) is 9.59 Å². The summed E-state index contributed by atoms with van der Waals surface area (Å²) in [6, 6.07) is 2.91. The number of hydrogen-bond donors (Lipinski definition) is 1. The first-order valence-electron chi connectivity index (χ1n) is 7.10. The summed E-state index contributed by atoms with van der Waals surface area (Å²) in [5.74, 6) is -0.367. The molecule has 22 heavy (non-hydrogen) atoms. The first-order chi connectivity index (χ1) is 10.5. The number of ether oxygens (including phenoxy) is 3. The third-order valence-electron chi connectivity index (χ3n) is 3.99. The Hall–Kier alpha value is -1.70. The second-order valence-electron chi connectivity index (χ2n) is 5.38. The van der Waals surface area contributed by atoms with Gasteiger partial charge >= 0.3 is 0 Å². The fraction of sp³-hybridized carbons (Fsp3) is 0.600. The Morgan fingerprint density at radius 3 is 2.64 bits per heavy atom. The molecule has 0 aromatic carbocycles. The molecule has 1 N–H and O–H groups in total. The third-order valence-corrected chi connectivity index (χ3v) is 3.99. The molecule has 1 fully saturated rings. The molecule has 1 amide bonds. The van der Waals surface area contributed by atoms with Crippen molar-refractivity contribution in [2.24, 2.45) is 0 Å². The summed E-state index contributed by atoms with van der Waals surface area (Å²) < 4.78 is 16.3. The van der Waals surface area contributed by atoms with E-state index in [1.807, 2.05) is 0 Å². The number of hydrogen-bond acceptors (Lipinski definition) is 5. The highest BCUT2D eigenvalue weighted by molar-refractivity contribution is 5.93. The lowest BCUT2D eigenvalue weighted by Gasteiger charge is -2.40. The molecule has 122 valence electrons. The van der Waals surface area contributed by atoms with Gasteiger partial charge in [0, 0.05) is 27.0 Å². The van der Waals surface area contributed by atoms with Gasteiger partial charge in [-0.1, -0.05) is 0 Å². The smallest absolute Gasteiger partial charge is 0.260 e. The molecule has 2 rings (SSSR count). The SMILES string of the molecule is CO[C@H]1[C@H](N(C)C(=O)c2ccc(C)[nH]c2=O)COC[C@H]1OC. The second-order valence-corrected chi connectivity index (χ2v) is 5.38. The van der Waals surface area contributed by atoms with Crippen LogP contribution in [0.3, 0.4) is 0 Å². The number of amides is 1. The molecule has 3 atom stereocenters. The topological polar surface area (TPSA) is 80.9 Å². The van der Waals surface area contributed by atoms with Gasteiger partial charge in [-0.05, 0) is 19.1 Å². The van der Waals surface area contributed by atoms with Gasteiger partial charge in [0.15, 0.2) is 0 Å². The van der Waals surface area contributed by atoms with Crippen molar-refractivity contribution >= 4 is 5.91 Å². The predicted octanol–water partition coefficient (Wildman–Crippen LogP) is 0.184. The minimum atomic E-state index is -0.397. The van der Waals surface area contributed by atoms with Gasteiger partial charge in [-0.2, -0.15) is 0 Å². The molecule has 1 aliphatic rings. The molecular formula is C15H22N2O5. The van der Waals surface area contributed by atoms with E-state index >= 15 is 0 Å². The fourth-order valence-electron chi connectivity index (χ4n) is 2.67. The van der Waals surface area contributed by atoms with Crippen LogP contribution >= 0.6 is 0 Å². The lowest BCUT2D eigenvalue weighted by molar-refractivity contribution is -0.147. The summed E-state index contributed by atoms with van der Waals surface area (Å²) in [6.07, 6.45) is -0.562. The number of carbonyl (C=O) groups excluding carboxylic acids is 1. The summed E-state index contributed by atoms with van der Waals surface area (Å²) in [5, 5.41) is 0. The van der Waals surface area contributed by atoms with Crippen molar-refractivity contribution in [1.82, 2.24) is 9.88 Å². The van der Waals surface area contributed by atoms with E-state index in [1.165, 1.54) is 11.0 Å². The van der Waals surface area contributed by atoms with Crippen LogP contribution in [0.1, 0.15) is 16.1 Å². The minimum Gasteiger partial charge on any atom is -0.376 e. The van der Waals surface area contributed by atoms with Crippen molar-refractivity contribution in [3.8, 4) is 0 Å². The number of carbonyl (C=O) groups is 1. The normalized spacial score (nSPS) is 25.0. The molecule has 1 saturated heterocycles. The number of nitrogens with zero attached hydrogens (tertiary/aromatic N) is 1. The number of nitrogens with one attached hydrogen (secondary N) is 1. The van der Waals surface area contributed by atoms with Crippen LogP contribution in [-0.2, 0) is 14.2 Å². The van der Waals surface area contributed by atoms with Crippen molar-refractivity contribution in [2.45, 2.75) is 25.2 Å². The molecule has 7 nitrogen and oxygen atoms in total. The standard InChI is InChI=1S/C15H22N2O5/c1-9-5-6-10(14(18)16-9)15(19)17(2)11-7-22-8-12(20-3)13(11)21-4/h5-6,11-13H,7-8H2,1-4H3,(H,16,18)/t11-,12-,13+/m1/s1. The summed E-state index contributed by atoms with van der Waals surface area (Å²) in [6.45, 7) is 2.52. The number of H-pyrrole nitrogens is 1. The Labute approximate surface area is 129 Å². The number of rotatable bonds is 4. The molecule has 0 spiro atoms. The Bertz CT molecular complexity index is 586. The number of likely N-dealkylation sites (N-methyl/N-ethyl adjacent to an activating group) is 1. The van der Waals surface area contributed by atoms with Gasteiger partial charge in [0.25, 0.3) is 11.5 Å². The van der Waals surface area contributed by atoms with Gasteiger partial charge in [-0.25, -0.2) is 0 Å². The molecule has 1 aliphatic heterocycles. The van der Waals surface area contributed by atoms with Crippen LogP contribution in [0.2, 0.25) is 0 Å². The zero-order chi connectivity index (χ0) is 16.3. The van der Waals surface area contributed by atoms with Crippen molar-refractivity contribution < 1.29 is 19.0 Å². The van der Waals surface area contributed by atoms with Crippen molar-refractivity contribution in [1.29, 1.82) is 0 Å². The van der Waals surface area contributed by atoms with E-state index < -0.39 is 5.56 Å². The van der Waals surface area contributed by atoms with Crippen LogP contribution < -0.4 is 5.56 Å². The highest BCUT2D eigenvalue weighted by Gasteiger charge is 2.39. The maximum Gasteiger partial charge on any atom is 0.260 e. The van der Waals surface area contributed by atoms with Crippen LogP contribution in [0.5, 0.6) is 0 Å². The molecule has 2 heterocycles. The highest BCUT2D eigenvalue weighted by atomic mass is 16.6. The summed E-state index contributed by atoms with van der Waals surface area (Å²) in [5.41, 5.74) is 0.410. The van der Waals surface area contributed by atoms with Crippen LogP contribution in [0, 0.1) is 6.92 Å². The molecule has 0 unspecified atom stereocenters. The lowest BCUT2D eigenvalue weighted by atomic mass is 10.0. The molecule has 1 aromatic heterocycles. The minimum absolute atomic E-state index is 0.0995. The molecule has 7 heteroatoms. The fourth-order valence-corrected chi connectivity index (χ4v) is 2.67. The van der Waals surface area contributed by atoms with Crippen molar-refractivity contribution in [3.05, 3.63) is 33.7 Å². The molecular weight excluding hydrogens is 288 g/mol. The van der Waals surface area contributed by atoms with Gasteiger partial charge < -0.3 is 24.1 Å². The molecule has 0 radical (unpaired) electrons. The Balaban J connectivity index is 2.23. The lowest BCUT2D eigenvalue weighted by Crippen LogP contribution is -2.57. The van der Waals surface area contributed by atoms with Gasteiger partial charge in [-0.15, -0.1) is 0 Å². The summed E-state index contributed by atoms with van der Waals surface area (Å²) >= 11 is 0. The number of methoxy groups -OCH3 is 2. The molecule has 0 saturated carbocycles. The van der Waals surface area contributed by atoms with Crippen LogP contribution in [0.15, 0.2) is 16.9 Å². The maximum absolute atomic E-state index is 12.6. The molecule has 0 bridgehead atoms. The van der Waals surface area contributed by atoms with E-state index in [2.05, 4.69) is 4.98 Å². The van der Waals surface area contributed by atoms with Crippen molar-refractivity contribution in [2.75, 3.05) is 34.5 Å². The first-order valence-corrected chi connectivity index (χ1v) is 7.10. The quantitative estimate of drug-likeness (QED) is 0.858. The van der Waals surface area contributed by atoms with Crippen molar-refractivity contribution in [3.63, 3.8) is 0 Å². The van der Waals surface area contributed by atoms with E-state index in [4.69, 9.17) is 14.2 Å². The Morgan fingerprint density at radius 1 is 1.32 bits per heavy atom. The number of aryl methyl sites for hydroxylation is 1. The van der Waals surface area contributed by atoms with Crippen LogP contribution in [-0.4, -0.2) is 68.5 Å². The van der Waals surface area contributed by atoms with E-state index in [1.54, 1.807) is 34.3 Å². The Morgan fingerprint density at radius 2 is 2.05 bits per heavy atom. The summed E-state index contributed by atoms with van der Waals surface area (Å²) in [4.78, 5) is 28.7. The first kappa shape index (κ1) is 16.7. The van der Waals surface area contributed by atoms with Gasteiger partial charge in [0.2, 0.25) is 0 Å². The number of pyridine rings is 1. The summed E-state index contributed by atoms with van der Waals surface area (Å²) in [7, 11) is 4.79. The van der Waals surface area contributed by atoms with E-state index in [0.29, 0.717) is 18.9 Å². The van der Waals surface area contributed by atoms with E-state index in [0.717, 1.165) is 0 Å². The zero-order valence-corrected chi connectivity index (χ0v) is 13.3. The zero-order valence-electron chi connectivity index (χ0n) is 13.3. The van der Waals surface area contributed by atoms with Gasteiger partial charge in [0.05, 0.1) is 19.3 Å². The third kappa shape index (κ3) is 3.21. The van der Waals surface area contributed by atoms with Crippen LogP contribution in [0.4, 0.5) is 0 Å². The molecule has 0 aliphatic carbocycles. The number of aromatic amines is 1. The van der Waals surface area contributed by atoms with E-state index in [-0.39, 0.29) is 29.7 Å². The van der Waals surface area contributed by atoms with Gasteiger partial charge in [-0.3, -0.25) is 9.59 Å².